The molecule has 0 aliphatic heterocycles. The zero-order valence-electron chi connectivity index (χ0n) is 19.0. The molecule has 0 unspecified atom stereocenters. The van der Waals surface area contributed by atoms with Crippen LogP contribution in [0.25, 0.3) is 38.6 Å². The Morgan fingerprint density at radius 3 is 2.12 bits per heavy atom. The number of allylic oxidation sites excluding steroid dienone is 4. The molecule has 6 rings (SSSR count). The van der Waals surface area contributed by atoms with E-state index < -0.39 is 0 Å². The summed E-state index contributed by atoms with van der Waals surface area (Å²) in [7, 11) is 0. The van der Waals surface area contributed by atoms with E-state index in [4.69, 9.17) is 4.98 Å². The molecule has 2 heterocycles. The predicted octanol–water partition coefficient (Wildman–Crippen LogP) is 7.91. The van der Waals surface area contributed by atoms with Crippen molar-refractivity contribution >= 4 is 27.3 Å². The molecule has 0 N–H and O–H groups in total. The summed E-state index contributed by atoms with van der Waals surface area (Å²) in [4.78, 5) is 5.00. The minimum absolute atomic E-state index is 0.331. The highest BCUT2D eigenvalue weighted by Gasteiger charge is 2.24. The highest BCUT2D eigenvalue weighted by molar-refractivity contribution is 6.14. The first-order chi connectivity index (χ1) is 15.6. The molecule has 0 amide bonds. The van der Waals surface area contributed by atoms with E-state index in [9.17, 15) is 0 Å². The van der Waals surface area contributed by atoms with Crippen LogP contribution in [0.2, 0.25) is 0 Å². The van der Waals surface area contributed by atoms with Gasteiger partial charge in [-0.1, -0.05) is 77.9 Å². The van der Waals surface area contributed by atoms with Gasteiger partial charge in [0.1, 0.15) is 5.65 Å². The Bertz CT molecular complexity index is 1570. The van der Waals surface area contributed by atoms with Crippen LogP contribution in [0.5, 0.6) is 0 Å². The van der Waals surface area contributed by atoms with Crippen molar-refractivity contribution in [2.24, 2.45) is 0 Å². The third-order valence-corrected chi connectivity index (χ3v) is 7.08. The van der Waals surface area contributed by atoms with Crippen LogP contribution in [0.15, 0.2) is 90.2 Å². The summed E-state index contributed by atoms with van der Waals surface area (Å²) in [5, 5.41) is 3.82. The number of imidazole rings is 1. The van der Waals surface area contributed by atoms with Gasteiger partial charge in [-0.3, -0.25) is 4.40 Å². The maximum atomic E-state index is 5.00. The molecular formula is C30H26N2. The van der Waals surface area contributed by atoms with Gasteiger partial charge in [-0.2, -0.15) is 0 Å². The van der Waals surface area contributed by atoms with Gasteiger partial charge in [-0.25, -0.2) is 4.98 Å². The van der Waals surface area contributed by atoms with Gasteiger partial charge in [0, 0.05) is 22.3 Å². The molecule has 1 aliphatic carbocycles. The summed E-state index contributed by atoms with van der Waals surface area (Å²) in [6.45, 7) is 8.86. The topological polar surface area (TPSA) is 17.3 Å². The number of pyridine rings is 1. The van der Waals surface area contributed by atoms with Gasteiger partial charge in [0.25, 0.3) is 0 Å². The molecule has 0 saturated carbocycles. The second-order valence-corrected chi connectivity index (χ2v) is 9.11. The lowest BCUT2D eigenvalue weighted by Crippen LogP contribution is -2.02. The number of hydrogen-bond acceptors (Lipinski definition) is 1. The minimum Gasteiger partial charge on any atom is -0.292 e. The average molecular weight is 415 g/mol. The van der Waals surface area contributed by atoms with Crippen molar-refractivity contribution in [1.29, 1.82) is 0 Å². The third kappa shape index (κ3) is 2.56. The molecule has 0 bridgehead atoms. The van der Waals surface area contributed by atoms with E-state index in [0.29, 0.717) is 5.92 Å². The number of aryl methyl sites for hydroxylation is 2. The SMILES string of the molecule is CC1=CC=C(C)C1c1cccc2c1c1ccccc1n1c(-c3c(C)cccc3C)cnc21. The highest BCUT2D eigenvalue weighted by Crippen LogP contribution is 2.43. The molecule has 2 heteroatoms. The Morgan fingerprint density at radius 1 is 0.719 bits per heavy atom. The fourth-order valence-corrected chi connectivity index (χ4v) is 5.66. The van der Waals surface area contributed by atoms with Crippen molar-refractivity contribution < 1.29 is 0 Å². The number of hydrogen-bond donors (Lipinski definition) is 0. The molecule has 32 heavy (non-hydrogen) atoms. The maximum Gasteiger partial charge on any atom is 0.145 e. The van der Waals surface area contributed by atoms with E-state index in [0.717, 1.165) is 11.3 Å². The lowest BCUT2D eigenvalue weighted by molar-refractivity contribution is 0.955. The van der Waals surface area contributed by atoms with Crippen LogP contribution in [0.1, 0.15) is 36.5 Å². The van der Waals surface area contributed by atoms with Crippen LogP contribution < -0.4 is 0 Å². The highest BCUT2D eigenvalue weighted by atomic mass is 15.0. The fraction of sp³-hybridized carbons (Fsp3) is 0.167. The van der Waals surface area contributed by atoms with Crippen molar-refractivity contribution in [3.8, 4) is 11.3 Å². The van der Waals surface area contributed by atoms with Crippen LogP contribution in [-0.2, 0) is 0 Å². The predicted molar refractivity (Wildman–Crippen MR) is 135 cm³/mol. The zero-order chi connectivity index (χ0) is 22.0. The van der Waals surface area contributed by atoms with Gasteiger partial charge in [-0.05, 0) is 55.8 Å². The Hall–Kier alpha value is -3.65. The van der Waals surface area contributed by atoms with E-state index in [1.807, 2.05) is 0 Å². The third-order valence-electron chi connectivity index (χ3n) is 7.08. The van der Waals surface area contributed by atoms with Crippen molar-refractivity contribution in [1.82, 2.24) is 9.38 Å². The second-order valence-electron chi connectivity index (χ2n) is 9.11. The number of nitrogens with zero attached hydrogens (tertiary/aromatic N) is 2. The average Bonchev–Trinajstić information content (AvgIpc) is 3.37. The largest absolute Gasteiger partial charge is 0.292 e. The standard InChI is InChI=1S/C30H26N2/c1-18-9-7-10-19(2)28(18)26-17-31-30-24-13-8-12-23(27-20(3)15-16-21(27)4)29(24)22-11-5-6-14-25(22)32(26)30/h5-17,27H,1-4H3. The van der Waals surface area contributed by atoms with Gasteiger partial charge >= 0.3 is 0 Å². The molecule has 0 radical (unpaired) electrons. The van der Waals surface area contributed by atoms with Gasteiger partial charge in [0.15, 0.2) is 0 Å². The summed E-state index contributed by atoms with van der Waals surface area (Å²) in [5.74, 6) is 0.331. The maximum absolute atomic E-state index is 5.00. The quantitative estimate of drug-likeness (QED) is 0.268. The summed E-state index contributed by atoms with van der Waals surface area (Å²) < 4.78 is 2.36. The van der Waals surface area contributed by atoms with Crippen LogP contribution in [0.4, 0.5) is 0 Å². The lowest BCUT2D eigenvalue weighted by atomic mass is 9.85. The first-order valence-corrected chi connectivity index (χ1v) is 11.3. The van der Waals surface area contributed by atoms with E-state index in [1.165, 1.54) is 55.1 Å². The zero-order valence-corrected chi connectivity index (χ0v) is 19.0. The molecule has 0 fully saturated rings. The van der Waals surface area contributed by atoms with Crippen molar-refractivity contribution in [2.45, 2.75) is 33.6 Å². The Labute approximate surface area is 188 Å². The number of benzene rings is 3. The van der Waals surface area contributed by atoms with E-state index in [2.05, 4.69) is 111 Å². The summed E-state index contributed by atoms with van der Waals surface area (Å²) in [5.41, 5.74) is 11.4. The van der Waals surface area contributed by atoms with E-state index >= 15 is 0 Å². The number of rotatable bonds is 2. The number of aromatic nitrogens is 2. The first kappa shape index (κ1) is 19.1. The molecule has 0 spiro atoms. The fourth-order valence-electron chi connectivity index (χ4n) is 5.66. The molecule has 2 aromatic heterocycles. The smallest absolute Gasteiger partial charge is 0.145 e. The molecule has 3 aromatic carbocycles. The lowest BCUT2D eigenvalue weighted by Gasteiger charge is -2.20. The van der Waals surface area contributed by atoms with Crippen molar-refractivity contribution in [3.05, 3.63) is 107 Å². The Morgan fingerprint density at radius 2 is 1.38 bits per heavy atom. The number of fused-ring (bicyclic) bond motifs is 6. The normalized spacial score (nSPS) is 14.5. The van der Waals surface area contributed by atoms with Crippen molar-refractivity contribution in [3.63, 3.8) is 0 Å². The second kappa shape index (κ2) is 6.93. The summed E-state index contributed by atoms with van der Waals surface area (Å²) in [6, 6.07) is 22.0. The monoisotopic (exact) mass is 414 g/mol. The molecule has 0 atom stereocenters. The molecule has 156 valence electrons. The Kier molecular flexibility index (Phi) is 4.13. The molecule has 1 aliphatic rings. The van der Waals surface area contributed by atoms with Gasteiger partial charge < -0.3 is 0 Å². The summed E-state index contributed by atoms with van der Waals surface area (Å²) in [6.07, 6.45) is 6.57. The minimum atomic E-state index is 0.331. The van der Waals surface area contributed by atoms with E-state index in [1.54, 1.807) is 0 Å². The van der Waals surface area contributed by atoms with Gasteiger partial charge in [-0.15, -0.1) is 0 Å². The van der Waals surface area contributed by atoms with Crippen LogP contribution >= 0.6 is 0 Å². The first-order valence-electron chi connectivity index (χ1n) is 11.3. The van der Waals surface area contributed by atoms with Crippen molar-refractivity contribution in [2.75, 3.05) is 0 Å². The van der Waals surface area contributed by atoms with Crippen LogP contribution in [-0.4, -0.2) is 9.38 Å². The molecule has 0 saturated heterocycles. The number of para-hydroxylation sites is 1. The summed E-state index contributed by atoms with van der Waals surface area (Å²) >= 11 is 0. The Balaban J connectivity index is 1.80. The molecular weight excluding hydrogens is 388 g/mol. The molecule has 5 aromatic rings. The van der Waals surface area contributed by atoms with Gasteiger partial charge in [0.05, 0.1) is 17.4 Å². The van der Waals surface area contributed by atoms with Gasteiger partial charge in [0.2, 0.25) is 0 Å². The van der Waals surface area contributed by atoms with Crippen LogP contribution in [0.3, 0.4) is 0 Å². The van der Waals surface area contributed by atoms with E-state index in [-0.39, 0.29) is 0 Å². The van der Waals surface area contributed by atoms with Crippen LogP contribution in [0, 0.1) is 13.8 Å². The molecule has 2 nitrogen and oxygen atoms in total.